The molecular weight excluding hydrogens is 491 g/mol. The van der Waals surface area contributed by atoms with E-state index in [1.54, 1.807) is 24.3 Å². The summed E-state index contributed by atoms with van der Waals surface area (Å²) in [7, 11) is 1.44. The molecule has 9 heteroatoms. The minimum atomic E-state index is -0.451. The van der Waals surface area contributed by atoms with Crippen molar-refractivity contribution in [3.8, 4) is 17.2 Å². The summed E-state index contributed by atoms with van der Waals surface area (Å²) in [6, 6.07) is 6.73. The third-order valence-electron chi connectivity index (χ3n) is 3.29. The number of phenolic OH excluding ortho intramolecular Hbond substituents is 1. The fraction of sp³-hybridized carbons (Fsp3) is 0.176. The van der Waals surface area contributed by atoms with Crippen molar-refractivity contribution in [3.05, 3.63) is 49.4 Å². The first-order chi connectivity index (χ1) is 12.3. The van der Waals surface area contributed by atoms with E-state index in [1.807, 2.05) is 6.92 Å². The van der Waals surface area contributed by atoms with Crippen LogP contribution in [0.4, 0.5) is 0 Å². The largest absolute Gasteiger partial charge is 0.504 e. The van der Waals surface area contributed by atoms with Gasteiger partial charge in [0.2, 0.25) is 0 Å². The fourth-order valence-corrected chi connectivity index (χ4v) is 3.06. The van der Waals surface area contributed by atoms with Gasteiger partial charge in [-0.2, -0.15) is 5.10 Å². The lowest BCUT2D eigenvalue weighted by Crippen LogP contribution is -2.24. The maximum Gasteiger partial charge on any atom is 0.277 e. The Morgan fingerprint density at radius 3 is 2.73 bits per heavy atom. The van der Waals surface area contributed by atoms with Crippen LogP contribution in [0.1, 0.15) is 11.1 Å². The number of methoxy groups -OCH3 is 1. The first-order valence-electron chi connectivity index (χ1n) is 7.29. The van der Waals surface area contributed by atoms with E-state index >= 15 is 0 Å². The van der Waals surface area contributed by atoms with Crippen LogP contribution in [0.2, 0.25) is 5.02 Å². The summed E-state index contributed by atoms with van der Waals surface area (Å²) < 4.78 is 11.7. The molecule has 2 rings (SSSR count). The van der Waals surface area contributed by atoms with Gasteiger partial charge in [0, 0.05) is 14.0 Å². The minimum absolute atomic E-state index is 0.103. The lowest BCUT2D eigenvalue weighted by molar-refractivity contribution is -0.123. The van der Waals surface area contributed by atoms with Crippen molar-refractivity contribution in [3.63, 3.8) is 0 Å². The maximum absolute atomic E-state index is 11.9. The van der Waals surface area contributed by atoms with Crippen LogP contribution in [0.15, 0.2) is 38.3 Å². The first kappa shape index (κ1) is 20.5. The number of phenols is 1. The van der Waals surface area contributed by atoms with Gasteiger partial charge in [-0.25, -0.2) is 5.43 Å². The number of benzene rings is 2. The molecule has 0 spiro atoms. The fourth-order valence-electron chi connectivity index (χ4n) is 2.00. The predicted octanol–water partition coefficient (Wildman–Crippen LogP) is 4.42. The monoisotopic (exact) mass is 504 g/mol. The number of ether oxygens (including phenoxy) is 2. The molecule has 138 valence electrons. The highest BCUT2D eigenvalue weighted by atomic mass is 79.9. The molecule has 0 heterocycles. The van der Waals surface area contributed by atoms with Crippen molar-refractivity contribution in [2.24, 2.45) is 5.10 Å². The summed E-state index contributed by atoms with van der Waals surface area (Å²) in [6.07, 6.45) is 1.30. The molecule has 0 radical (unpaired) electrons. The number of carbonyl (C=O) groups is 1. The zero-order valence-electron chi connectivity index (χ0n) is 13.8. The van der Waals surface area contributed by atoms with Crippen LogP contribution in [0.3, 0.4) is 0 Å². The number of nitrogens with zero attached hydrogens (tertiary/aromatic N) is 1. The molecule has 0 aromatic heterocycles. The van der Waals surface area contributed by atoms with Crippen molar-refractivity contribution < 1.29 is 19.4 Å². The Morgan fingerprint density at radius 2 is 2.08 bits per heavy atom. The SMILES string of the molecule is COc1cc(Br)c(Br)c(C=NNC(=O)COc2ccc(Cl)cc2C)c1O. The second-order valence-electron chi connectivity index (χ2n) is 5.13. The van der Waals surface area contributed by atoms with E-state index in [-0.39, 0.29) is 18.1 Å². The molecule has 0 atom stereocenters. The highest BCUT2D eigenvalue weighted by Gasteiger charge is 2.14. The van der Waals surface area contributed by atoms with Crippen LogP contribution in [-0.4, -0.2) is 30.9 Å². The second kappa shape index (κ2) is 9.25. The normalized spacial score (nSPS) is 10.8. The molecule has 0 aliphatic rings. The number of rotatable bonds is 6. The molecule has 1 amide bonds. The molecule has 0 bridgehead atoms. The minimum Gasteiger partial charge on any atom is -0.504 e. The Balaban J connectivity index is 2.00. The standard InChI is InChI=1S/C17H15Br2ClN2O4/c1-9-5-10(20)3-4-13(9)26-8-15(23)22-21-7-11-16(19)12(18)6-14(25-2)17(11)24/h3-7,24H,8H2,1-2H3,(H,22,23). The van der Waals surface area contributed by atoms with Gasteiger partial charge < -0.3 is 14.6 Å². The Kier molecular flexibility index (Phi) is 7.31. The van der Waals surface area contributed by atoms with E-state index in [1.165, 1.54) is 13.3 Å². The molecule has 2 aromatic rings. The molecule has 0 fully saturated rings. The average Bonchev–Trinajstić information content (AvgIpc) is 2.60. The van der Waals surface area contributed by atoms with E-state index in [0.29, 0.717) is 25.3 Å². The molecule has 0 saturated heterocycles. The topological polar surface area (TPSA) is 80.2 Å². The van der Waals surface area contributed by atoms with Crippen molar-refractivity contribution in [1.82, 2.24) is 5.43 Å². The van der Waals surface area contributed by atoms with Gasteiger partial charge in [-0.15, -0.1) is 0 Å². The highest BCUT2D eigenvalue weighted by molar-refractivity contribution is 9.13. The van der Waals surface area contributed by atoms with Crippen molar-refractivity contribution >= 4 is 55.6 Å². The molecule has 0 aliphatic carbocycles. The van der Waals surface area contributed by atoms with E-state index in [4.69, 9.17) is 21.1 Å². The van der Waals surface area contributed by atoms with Crippen LogP contribution in [0.25, 0.3) is 0 Å². The molecule has 0 saturated carbocycles. The molecule has 0 unspecified atom stereocenters. The second-order valence-corrected chi connectivity index (χ2v) is 7.21. The van der Waals surface area contributed by atoms with Crippen molar-refractivity contribution in [1.29, 1.82) is 0 Å². The van der Waals surface area contributed by atoms with Gasteiger partial charge in [0.05, 0.1) is 18.9 Å². The number of carbonyl (C=O) groups excluding carboxylic acids is 1. The number of hydrogen-bond acceptors (Lipinski definition) is 5. The molecule has 2 N–H and O–H groups in total. The third kappa shape index (κ3) is 5.12. The highest BCUT2D eigenvalue weighted by Crippen LogP contribution is 2.39. The van der Waals surface area contributed by atoms with E-state index in [0.717, 1.165) is 5.56 Å². The Hall–Kier alpha value is -1.77. The summed E-state index contributed by atoms with van der Waals surface area (Å²) in [4.78, 5) is 11.9. The van der Waals surface area contributed by atoms with Gasteiger partial charge in [-0.05, 0) is 68.6 Å². The molecule has 2 aromatic carbocycles. The van der Waals surface area contributed by atoms with Gasteiger partial charge in [0.15, 0.2) is 18.1 Å². The zero-order chi connectivity index (χ0) is 19.3. The first-order valence-corrected chi connectivity index (χ1v) is 9.25. The van der Waals surface area contributed by atoms with Crippen molar-refractivity contribution in [2.45, 2.75) is 6.92 Å². The number of halogens is 3. The number of aryl methyl sites for hydroxylation is 1. The predicted molar refractivity (Wildman–Crippen MR) is 107 cm³/mol. The smallest absolute Gasteiger partial charge is 0.277 e. The summed E-state index contributed by atoms with van der Waals surface area (Å²) >= 11 is 12.5. The van der Waals surface area contributed by atoms with E-state index < -0.39 is 5.91 Å². The number of nitrogens with one attached hydrogen (secondary N) is 1. The van der Waals surface area contributed by atoms with Gasteiger partial charge in [0.1, 0.15) is 5.75 Å². The third-order valence-corrected chi connectivity index (χ3v) is 5.54. The van der Waals surface area contributed by atoms with Gasteiger partial charge >= 0.3 is 0 Å². The zero-order valence-corrected chi connectivity index (χ0v) is 17.8. The number of aromatic hydroxyl groups is 1. The van der Waals surface area contributed by atoms with Gasteiger partial charge in [-0.3, -0.25) is 4.79 Å². The van der Waals surface area contributed by atoms with E-state index in [9.17, 15) is 9.90 Å². The summed E-state index contributed by atoms with van der Waals surface area (Å²) in [5.41, 5.74) is 3.51. The summed E-state index contributed by atoms with van der Waals surface area (Å²) in [6.45, 7) is 1.62. The van der Waals surface area contributed by atoms with Gasteiger partial charge in [0.25, 0.3) is 5.91 Å². The lowest BCUT2D eigenvalue weighted by Gasteiger charge is -2.10. The Morgan fingerprint density at radius 1 is 1.35 bits per heavy atom. The van der Waals surface area contributed by atoms with E-state index in [2.05, 4.69) is 42.4 Å². The molecule has 0 aliphatic heterocycles. The molecular formula is C17H15Br2ClN2O4. The number of hydrazone groups is 1. The van der Waals surface area contributed by atoms with Gasteiger partial charge in [-0.1, -0.05) is 11.6 Å². The summed E-state index contributed by atoms with van der Waals surface area (Å²) in [5, 5.41) is 14.6. The summed E-state index contributed by atoms with van der Waals surface area (Å²) in [5.74, 6) is 0.279. The quantitative estimate of drug-likeness (QED) is 0.449. The van der Waals surface area contributed by atoms with Crippen molar-refractivity contribution in [2.75, 3.05) is 13.7 Å². The molecule has 26 heavy (non-hydrogen) atoms. The lowest BCUT2D eigenvalue weighted by atomic mass is 10.2. The van der Waals surface area contributed by atoms with Crippen LogP contribution in [0.5, 0.6) is 17.2 Å². The number of hydrogen-bond donors (Lipinski definition) is 2. The van der Waals surface area contributed by atoms with Crippen LogP contribution in [0, 0.1) is 6.92 Å². The van der Waals surface area contributed by atoms with Crippen LogP contribution >= 0.6 is 43.5 Å². The molecule has 6 nitrogen and oxygen atoms in total. The Labute approximate surface area is 172 Å². The Bertz CT molecular complexity index is 859. The maximum atomic E-state index is 11.9. The number of amides is 1. The van der Waals surface area contributed by atoms with Crippen LogP contribution < -0.4 is 14.9 Å². The average molecular weight is 507 g/mol. The van der Waals surface area contributed by atoms with Crippen LogP contribution in [-0.2, 0) is 4.79 Å².